The van der Waals surface area contributed by atoms with Crippen LogP contribution in [-0.4, -0.2) is 41.2 Å². The minimum Gasteiger partial charge on any atom is -0.353 e. The van der Waals surface area contributed by atoms with Crippen molar-refractivity contribution in [3.63, 3.8) is 0 Å². The maximum atomic E-state index is 11.6. The summed E-state index contributed by atoms with van der Waals surface area (Å²) in [6, 6.07) is 0.194. The third-order valence-electron chi connectivity index (χ3n) is 3.02. The predicted molar refractivity (Wildman–Crippen MR) is 67.9 cm³/mol. The number of rotatable bonds is 3. The van der Waals surface area contributed by atoms with Gasteiger partial charge in [0.2, 0.25) is 11.8 Å². The lowest BCUT2D eigenvalue weighted by Crippen LogP contribution is -2.48. The van der Waals surface area contributed by atoms with Gasteiger partial charge in [-0.05, 0) is 19.8 Å². The summed E-state index contributed by atoms with van der Waals surface area (Å²) >= 11 is 5.76. The van der Waals surface area contributed by atoms with E-state index in [0.29, 0.717) is 13.1 Å². The maximum Gasteiger partial charge on any atom is 0.240 e. The van der Waals surface area contributed by atoms with E-state index < -0.39 is 5.38 Å². The first-order valence-electron chi connectivity index (χ1n) is 6.15. The number of carbonyl (C=O) groups is 2. The number of carbonyl (C=O) groups excluding carboxylic acids is 2. The fourth-order valence-electron chi connectivity index (χ4n) is 1.86. The van der Waals surface area contributed by atoms with E-state index in [-0.39, 0.29) is 23.8 Å². The zero-order valence-corrected chi connectivity index (χ0v) is 11.5. The molecular weight excluding hydrogens is 240 g/mol. The third kappa shape index (κ3) is 4.19. The Labute approximate surface area is 108 Å². The quantitative estimate of drug-likeness (QED) is 0.780. The Kier molecular flexibility index (Phi) is 5.25. The fourth-order valence-corrected chi connectivity index (χ4v) is 2.00. The Hall–Kier alpha value is -0.770. The molecule has 0 aromatic carbocycles. The summed E-state index contributed by atoms with van der Waals surface area (Å²) in [7, 11) is 0. The van der Waals surface area contributed by atoms with Crippen molar-refractivity contribution < 1.29 is 9.59 Å². The SMILES string of the molecule is CC(C)C(=O)NC1CCN(C(=O)C(C)Cl)CC1. The molecule has 1 atom stereocenters. The Morgan fingerprint density at radius 2 is 1.76 bits per heavy atom. The van der Waals surface area contributed by atoms with Crippen LogP contribution in [0.15, 0.2) is 0 Å². The number of hydrogen-bond acceptors (Lipinski definition) is 2. The van der Waals surface area contributed by atoms with Crippen molar-refractivity contribution in [3.05, 3.63) is 0 Å². The summed E-state index contributed by atoms with van der Waals surface area (Å²) in [6.45, 7) is 6.81. The number of hydrogen-bond donors (Lipinski definition) is 1. The first-order valence-corrected chi connectivity index (χ1v) is 6.58. The molecule has 5 heteroatoms. The Morgan fingerprint density at radius 3 is 2.18 bits per heavy atom. The molecule has 1 aliphatic rings. The molecule has 0 aromatic heterocycles. The maximum absolute atomic E-state index is 11.6. The van der Waals surface area contributed by atoms with Gasteiger partial charge in [-0.3, -0.25) is 9.59 Å². The highest BCUT2D eigenvalue weighted by Gasteiger charge is 2.26. The lowest BCUT2D eigenvalue weighted by atomic mass is 10.0. The smallest absolute Gasteiger partial charge is 0.240 e. The van der Waals surface area contributed by atoms with E-state index >= 15 is 0 Å². The number of halogens is 1. The van der Waals surface area contributed by atoms with Gasteiger partial charge in [-0.25, -0.2) is 0 Å². The highest BCUT2D eigenvalue weighted by Crippen LogP contribution is 2.13. The molecule has 98 valence electrons. The van der Waals surface area contributed by atoms with Gasteiger partial charge in [-0.15, -0.1) is 11.6 Å². The van der Waals surface area contributed by atoms with E-state index in [0.717, 1.165) is 12.8 Å². The second kappa shape index (κ2) is 6.24. The number of piperidine rings is 1. The number of nitrogens with zero attached hydrogens (tertiary/aromatic N) is 1. The monoisotopic (exact) mass is 260 g/mol. The Bertz CT molecular complexity index is 284. The van der Waals surface area contributed by atoms with Gasteiger partial charge < -0.3 is 10.2 Å². The molecule has 1 heterocycles. The van der Waals surface area contributed by atoms with Gasteiger partial charge >= 0.3 is 0 Å². The van der Waals surface area contributed by atoms with E-state index in [1.54, 1.807) is 11.8 Å². The summed E-state index contributed by atoms with van der Waals surface area (Å²) in [5.41, 5.74) is 0. The van der Waals surface area contributed by atoms with Gasteiger partial charge in [-0.2, -0.15) is 0 Å². The topological polar surface area (TPSA) is 49.4 Å². The molecular formula is C12H21ClN2O2. The van der Waals surface area contributed by atoms with Crippen molar-refractivity contribution >= 4 is 23.4 Å². The number of alkyl halides is 1. The highest BCUT2D eigenvalue weighted by atomic mass is 35.5. The fraction of sp³-hybridized carbons (Fsp3) is 0.833. The van der Waals surface area contributed by atoms with Gasteiger partial charge in [-0.1, -0.05) is 13.8 Å². The number of amides is 2. The summed E-state index contributed by atoms with van der Waals surface area (Å²) in [6.07, 6.45) is 1.63. The minimum atomic E-state index is -0.461. The zero-order valence-electron chi connectivity index (χ0n) is 10.7. The Morgan fingerprint density at radius 1 is 1.24 bits per heavy atom. The molecule has 2 amide bonds. The van der Waals surface area contributed by atoms with E-state index in [1.165, 1.54) is 0 Å². The summed E-state index contributed by atoms with van der Waals surface area (Å²) in [4.78, 5) is 24.9. The van der Waals surface area contributed by atoms with E-state index in [1.807, 2.05) is 13.8 Å². The van der Waals surface area contributed by atoms with Crippen LogP contribution >= 0.6 is 11.6 Å². The highest BCUT2D eigenvalue weighted by molar-refractivity contribution is 6.30. The van der Waals surface area contributed by atoms with Crippen molar-refractivity contribution in [1.82, 2.24) is 10.2 Å². The second-order valence-corrected chi connectivity index (χ2v) is 5.53. The lowest BCUT2D eigenvalue weighted by molar-refractivity contribution is -0.131. The molecule has 1 unspecified atom stereocenters. The molecule has 17 heavy (non-hydrogen) atoms. The van der Waals surface area contributed by atoms with Crippen LogP contribution < -0.4 is 5.32 Å². The standard InChI is InChI=1S/C12H21ClN2O2/c1-8(2)11(16)14-10-4-6-15(7-5-10)12(17)9(3)13/h8-10H,4-7H2,1-3H3,(H,14,16). The van der Waals surface area contributed by atoms with Crippen molar-refractivity contribution in [2.75, 3.05) is 13.1 Å². The molecule has 1 aliphatic heterocycles. The summed E-state index contributed by atoms with van der Waals surface area (Å²) < 4.78 is 0. The molecule has 4 nitrogen and oxygen atoms in total. The van der Waals surface area contributed by atoms with Crippen molar-refractivity contribution in [3.8, 4) is 0 Å². The molecule has 1 rings (SSSR count). The van der Waals surface area contributed by atoms with Crippen LogP contribution in [0.2, 0.25) is 0 Å². The van der Waals surface area contributed by atoms with Crippen LogP contribution in [0, 0.1) is 5.92 Å². The first kappa shape index (κ1) is 14.3. The molecule has 0 spiro atoms. The van der Waals surface area contributed by atoms with Crippen LogP contribution in [0.4, 0.5) is 0 Å². The van der Waals surface area contributed by atoms with E-state index in [4.69, 9.17) is 11.6 Å². The molecule has 1 N–H and O–H groups in total. The summed E-state index contributed by atoms with van der Waals surface area (Å²) in [5, 5.41) is 2.54. The van der Waals surface area contributed by atoms with E-state index in [2.05, 4.69) is 5.32 Å². The number of likely N-dealkylation sites (tertiary alicyclic amines) is 1. The van der Waals surface area contributed by atoms with Crippen LogP contribution in [0.1, 0.15) is 33.6 Å². The lowest BCUT2D eigenvalue weighted by Gasteiger charge is -2.33. The van der Waals surface area contributed by atoms with Crippen LogP contribution in [0.3, 0.4) is 0 Å². The third-order valence-corrected chi connectivity index (χ3v) is 3.20. The van der Waals surface area contributed by atoms with Crippen LogP contribution in [0.5, 0.6) is 0 Å². The van der Waals surface area contributed by atoms with Gasteiger partial charge in [0.05, 0.1) is 0 Å². The average Bonchev–Trinajstić information content (AvgIpc) is 2.28. The van der Waals surface area contributed by atoms with E-state index in [9.17, 15) is 9.59 Å². The molecule has 1 saturated heterocycles. The van der Waals surface area contributed by atoms with Crippen molar-refractivity contribution in [1.29, 1.82) is 0 Å². The molecule has 0 aromatic rings. The van der Waals surface area contributed by atoms with Gasteiger partial charge in [0.25, 0.3) is 0 Å². The molecule has 0 bridgehead atoms. The molecule has 0 aliphatic carbocycles. The zero-order chi connectivity index (χ0) is 13.0. The van der Waals surface area contributed by atoms with Crippen molar-refractivity contribution in [2.24, 2.45) is 5.92 Å². The van der Waals surface area contributed by atoms with Gasteiger partial charge in [0.1, 0.15) is 5.38 Å². The minimum absolute atomic E-state index is 0.0116. The molecule has 0 saturated carbocycles. The predicted octanol–water partition coefficient (Wildman–Crippen LogP) is 1.38. The second-order valence-electron chi connectivity index (χ2n) is 4.88. The largest absolute Gasteiger partial charge is 0.353 e. The van der Waals surface area contributed by atoms with Gasteiger partial charge in [0, 0.05) is 25.0 Å². The first-order chi connectivity index (χ1) is 7.91. The van der Waals surface area contributed by atoms with Crippen molar-refractivity contribution in [2.45, 2.75) is 45.0 Å². The Balaban J connectivity index is 2.36. The average molecular weight is 261 g/mol. The summed E-state index contributed by atoms with van der Waals surface area (Å²) in [5.74, 6) is 0.0818. The normalized spacial score (nSPS) is 19.2. The molecule has 1 fully saturated rings. The van der Waals surface area contributed by atoms with Crippen LogP contribution in [0.25, 0.3) is 0 Å². The number of nitrogens with one attached hydrogen (secondary N) is 1. The van der Waals surface area contributed by atoms with Gasteiger partial charge in [0.15, 0.2) is 0 Å². The van der Waals surface area contributed by atoms with Crippen LogP contribution in [-0.2, 0) is 9.59 Å². The molecule has 0 radical (unpaired) electrons.